The standard InChI is InChI=1S/C15H21N5O3/c1-4-13-16-15(18-17-13)12-8-20(5-6-22-12)14(21)7-11-9(2)19-23-10(11)3/h12H,4-8H2,1-3H3,(H,16,17,18)/t12-/m1/s1. The molecule has 0 saturated carbocycles. The quantitative estimate of drug-likeness (QED) is 0.907. The third-order valence-corrected chi connectivity index (χ3v) is 4.10. The van der Waals surface area contributed by atoms with Crippen molar-refractivity contribution in [2.45, 2.75) is 39.7 Å². The number of amides is 1. The summed E-state index contributed by atoms with van der Waals surface area (Å²) in [6.45, 7) is 7.19. The lowest BCUT2D eigenvalue weighted by molar-refractivity contribution is -0.138. The maximum absolute atomic E-state index is 12.6. The first-order chi connectivity index (χ1) is 11.1. The van der Waals surface area contributed by atoms with Crippen molar-refractivity contribution in [3.63, 3.8) is 0 Å². The Morgan fingerprint density at radius 1 is 1.43 bits per heavy atom. The predicted octanol–water partition coefficient (Wildman–Crippen LogP) is 1.11. The molecule has 124 valence electrons. The number of aryl methyl sites for hydroxylation is 3. The Kier molecular flexibility index (Phi) is 4.42. The summed E-state index contributed by atoms with van der Waals surface area (Å²) in [6, 6.07) is 0. The van der Waals surface area contributed by atoms with E-state index in [0.717, 1.165) is 23.5 Å². The summed E-state index contributed by atoms with van der Waals surface area (Å²) in [6.07, 6.45) is 0.796. The number of nitrogens with zero attached hydrogens (tertiary/aromatic N) is 4. The van der Waals surface area contributed by atoms with Crippen LogP contribution in [-0.4, -0.2) is 50.8 Å². The van der Waals surface area contributed by atoms with Gasteiger partial charge in [-0.15, -0.1) is 0 Å². The van der Waals surface area contributed by atoms with Gasteiger partial charge in [0.05, 0.1) is 25.3 Å². The number of ether oxygens (including phenoxy) is 1. The molecule has 0 aliphatic carbocycles. The fourth-order valence-corrected chi connectivity index (χ4v) is 2.66. The highest BCUT2D eigenvalue weighted by atomic mass is 16.5. The zero-order chi connectivity index (χ0) is 16.4. The molecule has 1 aliphatic heterocycles. The zero-order valence-corrected chi connectivity index (χ0v) is 13.6. The van der Waals surface area contributed by atoms with E-state index in [9.17, 15) is 4.79 Å². The summed E-state index contributed by atoms with van der Waals surface area (Å²) < 4.78 is 10.8. The molecule has 1 fully saturated rings. The van der Waals surface area contributed by atoms with Crippen molar-refractivity contribution in [1.29, 1.82) is 0 Å². The van der Waals surface area contributed by atoms with Crippen LogP contribution in [0.25, 0.3) is 0 Å². The van der Waals surface area contributed by atoms with Crippen LogP contribution in [0.3, 0.4) is 0 Å². The molecule has 1 aliphatic rings. The SMILES string of the molecule is CCc1nc([C@H]2CN(C(=O)Cc3c(C)noc3C)CCO2)n[nH]1. The number of carbonyl (C=O) groups excluding carboxylic acids is 1. The summed E-state index contributed by atoms with van der Waals surface area (Å²) >= 11 is 0. The van der Waals surface area contributed by atoms with Crippen LogP contribution in [0.1, 0.15) is 41.7 Å². The minimum Gasteiger partial charge on any atom is -0.366 e. The first kappa shape index (κ1) is 15.7. The Bertz CT molecular complexity index is 674. The molecule has 0 aromatic carbocycles. The van der Waals surface area contributed by atoms with E-state index in [1.54, 1.807) is 4.90 Å². The Morgan fingerprint density at radius 3 is 2.91 bits per heavy atom. The smallest absolute Gasteiger partial charge is 0.227 e. The van der Waals surface area contributed by atoms with Crippen molar-refractivity contribution in [1.82, 2.24) is 25.2 Å². The van der Waals surface area contributed by atoms with Gasteiger partial charge in [0.15, 0.2) is 5.82 Å². The predicted molar refractivity (Wildman–Crippen MR) is 80.7 cm³/mol. The van der Waals surface area contributed by atoms with Gasteiger partial charge in [0.1, 0.15) is 17.7 Å². The van der Waals surface area contributed by atoms with Gasteiger partial charge in [-0.25, -0.2) is 4.98 Å². The van der Waals surface area contributed by atoms with Crippen LogP contribution >= 0.6 is 0 Å². The Morgan fingerprint density at radius 2 is 2.26 bits per heavy atom. The van der Waals surface area contributed by atoms with Crippen LogP contribution in [0.2, 0.25) is 0 Å². The molecule has 0 spiro atoms. The average Bonchev–Trinajstić information content (AvgIpc) is 3.17. The number of nitrogens with one attached hydrogen (secondary N) is 1. The van der Waals surface area contributed by atoms with Crippen LogP contribution in [0.4, 0.5) is 0 Å². The third-order valence-electron chi connectivity index (χ3n) is 4.10. The van der Waals surface area contributed by atoms with E-state index in [2.05, 4.69) is 20.3 Å². The first-order valence-corrected chi connectivity index (χ1v) is 7.80. The van der Waals surface area contributed by atoms with Gasteiger partial charge in [-0.2, -0.15) is 5.10 Å². The molecular weight excluding hydrogens is 298 g/mol. The molecule has 0 radical (unpaired) electrons. The largest absolute Gasteiger partial charge is 0.366 e. The normalized spacial score (nSPS) is 18.4. The topological polar surface area (TPSA) is 97.1 Å². The molecular formula is C15H21N5O3. The maximum atomic E-state index is 12.6. The lowest BCUT2D eigenvalue weighted by Crippen LogP contribution is -2.43. The van der Waals surface area contributed by atoms with Crippen molar-refractivity contribution >= 4 is 5.91 Å². The van der Waals surface area contributed by atoms with E-state index < -0.39 is 0 Å². The van der Waals surface area contributed by atoms with Gasteiger partial charge >= 0.3 is 0 Å². The molecule has 1 N–H and O–H groups in total. The van der Waals surface area contributed by atoms with E-state index in [-0.39, 0.29) is 12.0 Å². The summed E-state index contributed by atoms with van der Waals surface area (Å²) in [4.78, 5) is 18.7. The van der Waals surface area contributed by atoms with Gasteiger partial charge in [0, 0.05) is 18.5 Å². The number of hydrogen-bond acceptors (Lipinski definition) is 6. The fourth-order valence-electron chi connectivity index (χ4n) is 2.66. The highest BCUT2D eigenvalue weighted by molar-refractivity contribution is 5.79. The molecule has 1 atom stereocenters. The van der Waals surface area contributed by atoms with Crippen LogP contribution in [0.15, 0.2) is 4.52 Å². The molecule has 8 heteroatoms. The Hall–Kier alpha value is -2.22. The molecule has 2 aromatic heterocycles. The van der Waals surface area contributed by atoms with Crippen molar-refractivity contribution in [2.24, 2.45) is 0 Å². The van der Waals surface area contributed by atoms with Gasteiger partial charge in [0.25, 0.3) is 0 Å². The van der Waals surface area contributed by atoms with E-state index in [1.807, 2.05) is 20.8 Å². The second kappa shape index (κ2) is 6.49. The molecule has 0 unspecified atom stereocenters. The van der Waals surface area contributed by atoms with Crippen LogP contribution in [-0.2, 0) is 22.4 Å². The Balaban J connectivity index is 1.67. The maximum Gasteiger partial charge on any atom is 0.227 e. The zero-order valence-electron chi connectivity index (χ0n) is 13.6. The molecule has 0 bridgehead atoms. The molecule has 23 heavy (non-hydrogen) atoms. The van der Waals surface area contributed by atoms with E-state index in [0.29, 0.717) is 37.7 Å². The van der Waals surface area contributed by atoms with Gasteiger partial charge in [-0.1, -0.05) is 12.1 Å². The van der Waals surface area contributed by atoms with Crippen LogP contribution in [0, 0.1) is 13.8 Å². The van der Waals surface area contributed by atoms with E-state index in [4.69, 9.17) is 9.26 Å². The van der Waals surface area contributed by atoms with Gasteiger partial charge in [0.2, 0.25) is 5.91 Å². The van der Waals surface area contributed by atoms with Crippen molar-refractivity contribution in [3.8, 4) is 0 Å². The number of carbonyl (C=O) groups is 1. The van der Waals surface area contributed by atoms with Gasteiger partial charge < -0.3 is 14.2 Å². The van der Waals surface area contributed by atoms with Gasteiger partial charge in [-0.05, 0) is 13.8 Å². The minimum atomic E-state index is -0.283. The minimum absolute atomic E-state index is 0.0407. The Labute approximate surface area is 134 Å². The lowest BCUT2D eigenvalue weighted by atomic mass is 10.1. The monoisotopic (exact) mass is 319 g/mol. The molecule has 8 nitrogen and oxygen atoms in total. The molecule has 1 saturated heterocycles. The summed E-state index contributed by atoms with van der Waals surface area (Å²) in [5.41, 5.74) is 1.63. The molecule has 3 rings (SSSR count). The van der Waals surface area contributed by atoms with E-state index in [1.165, 1.54) is 0 Å². The highest BCUT2D eigenvalue weighted by Gasteiger charge is 2.28. The molecule has 1 amide bonds. The first-order valence-electron chi connectivity index (χ1n) is 7.80. The molecule has 2 aromatic rings. The second-order valence-electron chi connectivity index (χ2n) is 5.67. The molecule has 3 heterocycles. The summed E-state index contributed by atoms with van der Waals surface area (Å²) in [5, 5.41) is 11.0. The second-order valence-corrected chi connectivity index (χ2v) is 5.67. The number of H-pyrrole nitrogens is 1. The van der Waals surface area contributed by atoms with Crippen molar-refractivity contribution < 1.29 is 14.1 Å². The number of rotatable bonds is 4. The number of aromatic nitrogens is 4. The number of hydrogen-bond donors (Lipinski definition) is 1. The number of aromatic amines is 1. The summed E-state index contributed by atoms with van der Waals surface area (Å²) in [5.74, 6) is 2.17. The van der Waals surface area contributed by atoms with Gasteiger partial charge in [-0.3, -0.25) is 9.89 Å². The van der Waals surface area contributed by atoms with Crippen LogP contribution in [0.5, 0.6) is 0 Å². The third kappa shape index (κ3) is 3.26. The van der Waals surface area contributed by atoms with Crippen molar-refractivity contribution in [2.75, 3.05) is 19.7 Å². The van der Waals surface area contributed by atoms with E-state index >= 15 is 0 Å². The summed E-state index contributed by atoms with van der Waals surface area (Å²) in [7, 11) is 0. The van der Waals surface area contributed by atoms with Crippen LogP contribution < -0.4 is 0 Å². The average molecular weight is 319 g/mol. The highest BCUT2D eigenvalue weighted by Crippen LogP contribution is 2.21. The van der Waals surface area contributed by atoms with Crippen molar-refractivity contribution in [3.05, 3.63) is 28.7 Å². The fraction of sp³-hybridized carbons (Fsp3) is 0.600. The number of morpholine rings is 1. The lowest BCUT2D eigenvalue weighted by Gasteiger charge is -2.31.